The summed E-state index contributed by atoms with van der Waals surface area (Å²) in [7, 11) is 1.45. The number of hydrogen-bond donors (Lipinski definition) is 8. The van der Waals surface area contributed by atoms with E-state index in [1.807, 2.05) is 5.32 Å². The van der Waals surface area contributed by atoms with E-state index in [0.717, 1.165) is 6.92 Å². The van der Waals surface area contributed by atoms with Crippen molar-refractivity contribution in [2.24, 2.45) is 11.5 Å². The number of urea groups is 1. The smallest absolute Gasteiger partial charge is 0.328 e. The predicted molar refractivity (Wildman–Crippen MR) is 88.2 cm³/mol. The number of amides is 4. The van der Waals surface area contributed by atoms with E-state index in [1.165, 1.54) is 12.1 Å². The van der Waals surface area contributed by atoms with E-state index >= 15 is 0 Å². The van der Waals surface area contributed by atoms with Crippen molar-refractivity contribution in [3.8, 4) is 0 Å². The van der Waals surface area contributed by atoms with Crippen molar-refractivity contribution in [1.82, 2.24) is 21.1 Å². The summed E-state index contributed by atoms with van der Waals surface area (Å²) in [6.07, 6.45) is -1.95. The third kappa shape index (κ3) is 9.12. The number of carbonyl (C=O) groups is 4. The van der Waals surface area contributed by atoms with E-state index in [2.05, 4.69) is 10.7 Å². The highest BCUT2D eigenvalue weighted by Crippen LogP contribution is 1.97. The number of aliphatic carboxylic acids is 1. The quantitative estimate of drug-likeness (QED) is 0.162. The molecule has 4 atom stereocenters. The number of hydrazine groups is 1. The Balaban J connectivity index is 4.92. The van der Waals surface area contributed by atoms with Gasteiger partial charge >= 0.3 is 12.0 Å². The summed E-state index contributed by atoms with van der Waals surface area (Å²) in [5.74, 6) is -3.18. The van der Waals surface area contributed by atoms with Crippen LogP contribution in [0.4, 0.5) is 4.79 Å². The third-order valence-corrected chi connectivity index (χ3v) is 3.11. The molecule has 0 spiro atoms. The highest BCUT2D eigenvalue weighted by atomic mass is 16.4. The van der Waals surface area contributed by atoms with E-state index in [1.54, 1.807) is 0 Å². The molecule has 10 N–H and O–H groups in total. The minimum absolute atomic E-state index is 0.0842. The van der Waals surface area contributed by atoms with Crippen molar-refractivity contribution in [2.75, 3.05) is 20.2 Å². The number of nitrogens with two attached hydrogens (primary N) is 2. The summed E-state index contributed by atoms with van der Waals surface area (Å²) >= 11 is 0. The van der Waals surface area contributed by atoms with E-state index in [4.69, 9.17) is 21.7 Å². The second kappa shape index (κ2) is 11.2. The molecular weight excluding hydrogens is 352 g/mol. The number of carbonyl (C=O) groups excluding carboxylic acids is 3. The molecule has 4 amide bonds. The molecule has 0 radical (unpaired) electrons. The molecule has 4 unspecified atom stereocenters. The average molecular weight is 378 g/mol. The Morgan fingerprint density at radius 1 is 1.19 bits per heavy atom. The van der Waals surface area contributed by atoms with Gasteiger partial charge in [0.1, 0.15) is 6.04 Å². The van der Waals surface area contributed by atoms with Crippen molar-refractivity contribution >= 4 is 23.8 Å². The lowest BCUT2D eigenvalue weighted by Crippen LogP contribution is -2.58. The molecule has 0 aliphatic heterocycles. The first-order valence-electron chi connectivity index (χ1n) is 7.62. The van der Waals surface area contributed by atoms with Crippen LogP contribution in [0.15, 0.2) is 0 Å². The largest absolute Gasteiger partial charge is 0.480 e. The SMILES string of the molecule is CC(O)C(NC(=O)NC(CC(N)=O)C(=O)NN(C)CC(N)CO)C(=O)O. The molecule has 0 fully saturated rings. The number of nitrogens with one attached hydrogen (secondary N) is 3. The minimum Gasteiger partial charge on any atom is -0.480 e. The van der Waals surface area contributed by atoms with Crippen molar-refractivity contribution in [1.29, 1.82) is 0 Å². The Hall–Kier alpha value is -2.48. The first kappa shape index (κ1) is 23.5. The van der Waals surface area contributed by atoms with E-state index < -0.39 is 54.5 Å². The summed E-state index contributed by atoms with van der Waals surface area (Å²) in [5, 5.41) is 32.5. The van der Waals surface area contributed by atoms with Gasteiger partial charge < -0.3 is 37.4 Å². The fraction of sp³-hybridized carbons (Fsp3) is 0.692. The zero-order valence-corrected chi connectivity index (χ0v) is 14.5. The lowest BCUT2D eigenvalue weighted by Gasteiger charge is -2.25. The van der Waals surface area contributed by atoms with E-state index in [-0.39, 0.29) is 13.2 Å². The number of hydrogen-bond acceptors (Lipinski definition) is 8. The average Bonchev–Trinajstić information content (AvgIpc) is 2.50. The van der Waals surface area contributed by atoms with Crippen LogP contribution in [0.1, 0.15) is 13.3 Å². The molecule has 0 aliphatic carbocycles. The maximum absolute atomic E-state index is 12.2. The summed E-state index contributed by atoms with van der Waals surface area (Å²) < 4.78 is 0. The molecule has 150 valence electrons. The normalized spacial score (nSPS) is 15.5. The van der Waals surface area contributed by atoms with Crippen molar-refractivity contribution in [3.63, 3.8) is 0 Å². The van der Waals surface area contributed by atoms with Crippen LogP contribution in [-0.4, -0.2) is 88.6 Å². The highest BCUT2D eigenvalue weighted by molar-refractivity contribution is 5.92. The van der Waals surface area contributed by atoms with Crippen LogP contribution in [0.25, 0.3) is 0 Å². The minimum atomic E-state index is -1.61. The van der Waals surface area contributed by atoms with E-state index in [9.17, 15) is 24.3 Å². The van der Waals surface area contributed by atoms with Gasteiger partial charge in [-0.1, -0.05) is 0 Å². The Morgan fingerprint density at radius 2 is 1.77 bits per heavy atom. The summed E-state index contributed by atoms with van der Waals surface area (Å²) in [6, 6.07) is -4.73. The second-order valence-electron chi connectivity index (χ2n) is 5.70. The van der Waals surface area contributed by atoms with Gasteiger partial charge in [0.15, 0.2) is 6.04 Å². The monoisotopic (exact) mass is 378 g/mol. The number of nitrogens with zero attached hydrogens (tertiary/aromatic N) is 1. The van der Waals surface area contributed by atoms with Gasteiger partial charge in [-0.3, -0.25) is 15.0 Å². The van der Waals surface area contributed by atoms with Gasteiger partial charge in [0.05, 0.1) is 19.1 Å². The first-order valence-corrected chi connectivity index (χ1v) is 7.62. The zero-order chi connectivity index (χ0) is 20.4. The number of carboxylic acid groups (broad SMARTS) is 1. The van der Waals surface area contributed by atoms with Crippen LogP contribution in [0.2, 0.25) is 0 Å². The second-order valence-corrected chi connectivity index (χ2v) is 5.70. The maximum Gasteiger partial charge on any atom is 0.328 e. The van der Waals surface area contributed by atoms with Crippen LogP contribution in [-0.2, 0) is 14.4 Å². The first-order chi connectivity index (χ1) is 12.0. The van der Waals surface area contributed by atoms with Crippen molar-refractivity contribution in [3.05, 3.63) is 0 Å². The predicted octanol–water partition coefficient (Wildman–Crippen LogP) is -4.35. The Bertz CT molecular complexity index is 515. The van der Waals surface area contributed by atoms with Crippen LogP contribution in [0.5, 0.6) is 0 Å². The lowest BCUT2D eigenvalue weighted by atomic mass is 10.1. The van der Waals surface area contributed by atoms with Gasteiger partial charge in [-0.15, -0.1) is 0 Å². The summed E-state index contributed by atoms with van der Waals surface area (Å²) in [5.41, 5.74) is 12.9. The fourth-order valence-electron chi connectivity index (χ4n) is 1.86. The van der Waals surface area contributed by atoms with Crippen molar-refractivity contribution in [2.45, 2.75) is 37.6 Å². The van der Waals surface area contributed by atoms with Gasteiger partial charge in [-0.05, 0) is 6.92 Å². The Labute approximate surface area is 149 Å². The fourth-order valence-corrected chi connectivity index (χ4v) is 1.86. The summed E-state index contributed by atoms with van der Waals surface area (Å²) in [4.78, 5) is 46.1. The molecule has 0 rings (SSSR count). The molecule has 0 saturated heterocycles. The Morgan fingerprint density at radius 3 is 2.19 bits per heavy atom. The molecule has 13 heteroatoms. The van der Waals surface area contributed by atoms with Crippen LogP contribution >= 0.6 is 0 Å². The zero-order valence-electron chi connectivity index (χ0n) is 14.5. The van der Waals surface area contributed by atoms with Gasteiger partial charge in [0.25, 0.3) is 5.91 Å². The summed E-state index contributed by atoms with van der Waals surface area (Å²) in [6.45, 7) is 0.925. The molecule has 0 saturated carbocycles. The molecule has 13 nitrogen and oxygen atoms in total. The Kier molecular flexibility index (Phi) is 10.1. The van der Waals surface area contributed by atoms with Crippen molar-refractivity contribution < 1.29 is 34.5 Å². The molecule has 0 aromatic rings. The number of carboxylic acids is 1. The third-order valence-electron chi connectivity index (χ3n) is 3.11. The van der Waals surface area contributed by atoms with Crippen LogP contribution in [0.3, 0.4) is 0 Å². The molecule has 26 heavy (non-hydrogen) atoms. The van der Waals surface area contributed by atoms with Gasteiger partial charge in [0, 0.05) is 19.6 Å². The van der Waals surface area contributed by atoms with Crippen LogP contribution in [0, 0.1) is 0 Å². The molecule has 0 aromatic heterocycles. The number of likely N-dealkylation sites (N-methyl/N-ethyl adjacent to an activating group) is 1. The number of primary amides is 1. The molecule has 0 aromatic carbocycles. The topological polar surface area (TPSA) is 220 Å². The van der Waals surface area contributed by atoms with Gasteiger partial charge in [0.2, 0.25) is 5.91 Å². The van der Waals surface area contributed by atoms with Crippen LogP contribution < -0.4 is 27.5 Å². The number of aliphatic hydroxyl groups excluding tert-OH is 2. The highest BCUT2D eigenvalue weighted by Gasteiger charge is 2.28. The standard InChI is InChI=1S/C13H26N6O7/c1-6(21)10(12(24)25)17-13(26)16-8(3-9(15)22)11(23)18-19(2)4-7(14)5-20/h6-8,10,20-21H,3-5,14H2,1-2H3,(H2,15,22)(H,18,23)(H,24,25)(H2,16,17,26). The molecule has 0 bridgehead atoms. The van der Waals surface area contributed by atoms with E-state index in [0.29, 0.717) is 0 Å². The number of aliphatic hydroxyl groups is 2. The van der Waals surface area contributed by atoms with Gasteiger partial charge in [-0.25, -0.2) is 14.6 Å². The molecule has 0 heterocycles. The molecule has 0 aliphatic rings. The van der Waals surface area contributed by atoms with Gasteiger partial charge in [-0.2, -0.15) is 0 Å². The lowest BCUT2D eigenvalue weighted by molar-refractivity contribution is -0.141. The number of rotatable bonds is 11. The maximum atomic E-state index is 12.2. The molecular formula is C13H26N6O7.